The standard InChI is InChI=1S/C14H31N5/c1-2-3-4-5-6-8-18-10-12-19(13-11-18)9-7-17-14(15)16/h2-13H2,1H3,(H4,15,16,17). The number of nitrogens with two attached hydrogens (primary N) is 2. The summed E-state index contributed by atoms with van der Waals surface area (Å²) in [5.74, 6) is 0.200. The van der Waals surface area contributed by atoms with Crippen LogP contribution in [-0.2, 0) is 0 Å². The number of rotatable bonds is 9. The van der Waals surface area contributed by atoms with Crippen molar-refractivity contribution in [1.82, 2.24) is 9.80 Å². The Balaban J connectivity index is 2.00. The summed E-state index contributed by atoms with van der Waals surface area (Å²) in [6.45, 7) is 9.91. The second-order valence-electron chi connectivity index (χ2n) is 5.40. The molecule has 0 aliphatic carbocycles. The third-order valence-electron chi connectivity index (χ3n) is 3.75. The van der Waals surface area contributed by atoms with Crippen molar-refractivity contribution < 1.29 is 0 Å². The molecule has 0 aromatic carbocycles. The van der Waals surface area contributed by atoms with Gasteiger partial charge in [0, 0.05) is 32.7 Å². The van der Waals surface area contributed by atoms with Gasteiger partial charge >= 0.3 is 0 Å². The molecule has 4 N–H and O–H groups in total. The summed E-state index contributed by atoms with van der Waals surface area (Å²) >= 11 is 0. The molecule has 1 saturated heterocycles. The number of hydrogen-bond acceptors (Lipinski definition) is 3. The molecule has 0 bridgehead atoms. The van der Waals surface area contributed by atoms with Gasteiger partial charge in [-0.2, -0.15) is 0 Å². The lowest BCUT2D eigenvalue weighted by Gasteiger charge is -2.34. The van der Waals surface area contributed by atoms with E-state index in [1.54, 1.807) is 0 Å². The summed E-state index contributed by atoms with van der Waals surface area (Å²) in [5.41, 5.74) is 10.6. The zero-order valence-electron chi connectivity index (χ0n) is 12.5. The van der Waals surface area contributed by atoms with Gasteiger partial charge in [-0.1, -0.05) is 32.6 Å². The van der Waals surface area contributed by atoms with Crippen LogP contribution >= 0.6 is 0 Å². The van der Waals surface area contributed by atoms with E-state index in [1.807, 2.05) is 0 Å². The van der Waals surface area contributed by atoms with Crippen LogP contribution in [-0.4, -0.2) is 61.6 Å². The fraction of sp³-hybridized carbons (Fsp3) is 0.929. The highest BCUT2D eigenvalue weighted by Crippen LogP contribution is 2.06. The Bertz CT molecular complexity index is 242. The summed E-state index contributed by atoms with van der Waals surface area (Å²) in [4.78, 5) is 9.06. The first kappa shape index (κ1) is 16.2. The summed E-state index contributed by atoms with van der Waals surface area (Å²) in [6, 6.07) is 0. The molecular formula is C14H31N5. The van der Waals surface area contributed by atoms with Crippen molar-refractivity contribution >= 4 is 5.96 Å². The molecule has 19 heavy (non-hydrogen) atoms. The van der Waals surface area contributed by atoms with E-state index < -0.39 is 0 Å². The topological polar surface area (TPSA) is 70.9 Å². The van der Waals surface area contributed by atoms with Gasteiger partial charge in [-0.25, -0.2) is 0 Å². The Kier molecular flexibility index (Phi) is 8.58. The van der Waals surface area contributed by atoms with Crippen LogP contribution in [0.3, 0.4) is 0 Å². The third-order valence-corrected chi connectivity index (χ3v) is 3.75. The maximum atomic E-state index is 5.32. The first-order chi connectivity index (χ1) is 9.22. The maximum Gasteiger partial charge on any atom is 0.185 e. The van der Waals surface area contributed by atoms with Crippen LogP contribution < -0.4 is 11.5 Å². The third kappa shape index (κ3) is 8.06. The average Bonchev–Trinajstić information content (AvgIpc) is 2.40. The van der Waals surface area contributed by atoms with Gasteiger partial charge < -0.3 is 16.4 Å². The molecule has 0 radical (unpaired) electrons. The number of nitrogens with zero attached hydrogens (tertiary/aromatic N) is 3. The lowest BCUT2D eigenvalue weighted by molar-refractivity contribution is 0.133. The van der Waals surface area contributed by atoms with Crippen molar-refractivity contribution in [1.29, 1.82) is 0 Å². The molecular weight excluding hydrogens is 238 g/mol. The van der Waals surface area contributed by atoms with Gasteiger partial charge in [0.25, 0.3) is 0 Å². The predicted molar refractivity (Wildman–Crippen MR) is 82.3 cm³/mol. The average molecular weight is 269 g/mol. The Morgan fingerprint density at radius 2 is 1.47 bits per heavy atom. The summed E-state index contributed by atoms with van der Waals surface area (Å²) in [7, 11) is 0. The first-order valence-corrected chi connectivity index (χ1v) is 7.72. The summed E-state index contributed by atoms with van der Waals surface area (Å²) in [6.07, 6.45) is 6.86. The van der Waals surface area contributed by atoms with E-state index in [4.69, 9.17) is 11.5 Å². The quantitative estimate of drug-likeness (QED) is 0.370. The second kappa shape index (κ2) is 10.0. The van der Waals surface area contributed by atoms with Gasteiger partial charge in [0.1, 0.15) is 0 Å². The first-order valence-electron chi connectivity index (χ1n) is 7.72. The maximum absolute atomic E-state index is 5.32. The second-order valence-corrected chi connectivity index (χ2v) is 5.40. The molecule has 0 aromatic rings. The molecule has 1 fully saturated rings. The van der Waals surface area contributed by atoms with Gasteiger partial charge in [-0.3, -0.25) is 9.89 Å². The van der Waals surface area contributed by atoms with Crippen LogP contribution in [0.5, 0.6) is 0 Å². The molecule has 112 valence electrons. The van der Waals surface area contributed by atoms with Crippen molar-refractivity contribution in [3.8, 4) is 0 Å². The van der Waals surface area contributed by atoms with Gasteiger partial charge in [0.15, 0.2) is 5.96 Å². The van der Waals surface area contributed by atoms with Crippen molar-refractivity contribution in [2.24, 2.45) is 16.5 Å². The highest BCUT2D eigenvalue weighted by Gasteiger charge is 2.15. The van der Waals surface area contributed by atoms with E-state index in [-0.39, 0.29) is 5.96 Å². The monoisotopic (exact) mass is 269 g/mol. The van der Waals surface area contributed by atoms with Crippen molar-refractivity contribution in [2.75, 3.05) is 45.8 Å². The highest BCUT2D eigenvalue weighted by atomic mass is 15.3. The largest absolute Gasteiger partial charge is 0.370 e. The fourth-order valence-electron chi connectivity index (χ4n) is 2.50. The number of unbranched alkanes of at least 4 members (excludes halogenated alkanes) is 4. The van der Waals surface area contributed by atoms with Gasteiger partial charge in [0.05, 0.1) is 6.54 Å². The minimum Gasteiger partial charge on any atom is -0.370 e. The van der Waals surface area contributed by atoms with Crippen LogP contribution in [0, 0.1) is 0 Å². The van der Waals surface area contributed by atoms with Gasteiger partial charge in [-0.15, -0.1) is 0 Å². The van der Waals surface area contributed by atoms with E-state index >= 15 is 0 Å². The molecule has 5 nitrogen and oxygen atoms in total. The Morgan fingerprint density at radius 3 is 2.05 bits per heavy atom. The molecule has 0 saturated carbocycles. The van der Waals surface area contributed by atoms with Gasteiger partial charge in [-0.05, 0) is 13.0 Å². The van der Waals surface area contributed by atoms with Gasteiger partial charge in [0.2, 0.25) is 0 Å². The van der Waals surface area contributed by atoms with E-state index in [0.717, 1.165) is 26.2 Å². The molecule has 0 unspecified atom stereocenters. The Morgan fingerprint density at radius 1 is 0.895 bits per heavy atom. The smallest absolute Gasteiger partial charge is 0.185 e. The SMILES string of the molecule is CCCCCCCN1CCN(CCN=C(N)N)CC1. The molecule has 0 aromatic heterocycles. The van der Waals surface area contributed by atoms with E-state index in [0.29, 0.717) is 0 Å². The molecule has 1 rings (SSSR count). The Hall–Kier alpha value is -0.810. The Labute approximate surface area is 118 Å². The van der Waals surface area contributed by atoms with Crippen LogP contribution in [0.2, 0.25) is 0 Å². The molecule has 1 aliphatic heterocycles. The molecule has 0 atom stereocenters. The van der Waals surface area contributed by atoms with E-state index in [2.05, 4.69) is 21.7 Å². The molecule has 0 spiro atoms. The molecule has 1 aliphatic rings. The zero-order chi connectivity index (χ0) is 13.9. The minimum atomic E-state index is 0.200. The number of piperazine rings is 1. The molecule has 1 heterocycles. The van der Waals surface area contributed by atoms with Crippen molar-refractivity contribution in [3.05, 3.63) is 0 Å². The number of aliphatic imine (C=N–C) groups is 1. The molecule has 0 amide bonds. The van der Waals surface area contributed by atoms with E-state index in [1.165, 1.54) is 51.7 Å². The minimum absolute atomic E-state index is 0.200. The van der Waals surface area contributed by atoms with Crippen LogP contribution in [0.4, 0.5) is 0 Å². The lowest BCUT2D eigenvalue weighted by atomic mass is 10.1. The fourth-order valence-corrected chi connectivity index (χ4v) is 2.50. The van der Waals surface area contributed by atoms with Crippen LogP contribution in [0.1, 0.15) is 39.0 Å². The highest BCUT2D eigenvalue weighted by molar-refractivity contribution is 5.75. The summed E-state index contributed by atoms with van der Waals surface area (Å²) in [5, 5.41) is 0. The lowest BCUT2D eigenvalue weighted by Crippen LogP contribution is -2.47. The van der Waals surface area contributed by atoms with Crippen LogP contribution in [0.15, 0.2) is 4.99 Å². The van der Waals surface area contributed by atoms with E-state index in [9.17, 15) is 0 Å². The van der Waals surface area contributed by atoms with Crippen molar-refractivity contribution in [3.63, 3.8) is 0 Å². The number of guanidine groups is 1. The zero-order valence-corrected chi connectivity index (χ0v) is 12.5. The normalized spacial score (nSPS) is 17.5. The molecule has 5 heteroatoms. The van der Waals surface area contributed by atoms with Crippen molar-refractivity contribution in [2.45, 2.75) is 39.0 Å². The predicted octanol–water partition coefficient (Wildman–Crippen LogP) is 0.848. The summed E-state index contributed by atoms with van der Waals surface area (Å²) < 4.78 is 0. The number of hydrogen-bond donors (Lipinski definition) is 2. The van der Waals surface area contributed by atoms with Crippen LogP contribution in [0.25, 0.3) is 0 Å².